The quantitative estimate of drug-likeness (QED) is 0.760. The summed E-state index contributed by atoms with van der Waals surface area (Å²) in [5.74, 6) is -0.307. The maximum atomic E-state index is 13.8. The van der Waals surface area contributed by atoms with Crippen molar-refractivity contribution >= 4 is 17.1 Å². The summed E-state index contributed by atoms with van der Waals surface area (Å²) in [7, 11) is 0. The normalized spacial score (nSPS) is 17.1. The van der Waals surface area contributed by atoms with Crippen molar-refractivity contribution in [1.82, 2.24) is 0 Å². The van der Waals surface area contributed by atoms with E-state index in [4.69, 9.17) is 5.73 Å². The van der Waals surface area contributed by atoms with Crippen molar-refractivity contribution in [3.05, 3.63) is 23.5 Å². The monoisotopic (exact) mass is 220 g/mol. The number of nitrogens with zero attached hydrogens (tertiary/aromatic N) is 1. The van der Waals surface area contributed by atoms with Gasteiger partial charge < -0.3 is 5.73 Å². The lowest BCUT2D eigenvalue weighted by molar-refractivity contribution is 0.539. The number of rotatable bonds is 2. The average molecular weight is 220 g/mol. The molecule has 1 aromatic rings. The highest BCUT2D eigenvalue weighted by atomic mass is 19.1. The van der Waals surface area contributed by atoms with Crippen LogP contribution in [0.5, 0.6) is 0 Å². The number of nitrogens with two attached hydrogens (primary N) is 1. The Bertz CT molecular complexity index is 459. The summed E-state index contributed by atoms with van der Waals surface area (Å²) in [6.07, 6.45) is 1.85. The number of hydrogen-bond donors (Lipinski definition) is 1. The second-order valence-electron chi connectivity index (χ2n) is 4.39. The average Bonchev–Trinajstić information content (AvgIpc) is 2.52. The van der Waals surface area contributed by atoms with Crippen LogP contribution in [0.3, 0.4) is 0 Å². The summed E-state index contributed by atoms with van der Waals surface area (Å²) < 4.78 is 13.8. The largest absolute Gasteiger partial charge is 0.399 e. The molecular formula is C13H17FN2. The van der Waals surface area contributed by atoms with Crippen molar-refractivity contribution in [3.8, 4) is 0 Å². The first-order valence-corrected chi connectivity index (χ1v) is 5.70. The van der Waals surface area contributed by atoms with E-state index in [9.17, 15) is 4.39 Å². The van der Waals surface area contributed by atoms with Crippen molar-refractivity contribution in [3.63, 3.8) is 0 Å². The number of benzene rings is 1. The van der Waals surface area contributed by atoms with Crippen LogP contribution in [0.25, 0.3) is 0 Å². The highest BCUT2D eigenvalue weighted by molar-refractivity contribution is 6.00. The van der Waals surface area contributed by atoms with E-state index in [0.717, 1.165) is 24.1 Å². The standard InChI is InChI=1S/C13H17FN2/c1-4-13(5-2)8(3)16-12-10(13)6-9(15)7-11(12)14/h6-7H,4-5,15H2,1-3H3. The van der Waals surface area contributed by atoms with Crippen LogP contribution in [0.4, 0.5) is 15.8 Å². The molecular weight excluding hydrogens is 203 g/mol. The molecule has 1 heterocycles. The van der Waals surface area contributed by atoms with Gasteiger partial charge in [0.05, 0.1) is 0 Å². The van der Waals surface area contributed by atoms with Crippen LogP contribution in [0.1, 0.15) is 39.2 Å². The van der Waals surface area contributed by atoms with Crippen LogP contribution in [0.2, 0.25) is 0 Å². The zero-order valence-electron chi connectivity index (χ0n) is 9.97. The number of halogens is 1. The number of hydrogen-bond acceptors (Lipinski definition) is 2. The third-order valence-corrected chi connectivity index (χ3v) is 3.78. The predicted octanol–water partition coefficient (Wildman–Crippen LogP) is 3.57. The molecule has 1 aliphatic rings. The lowest BCUT2D eigenvalue weighted by Crippen LogP contribution is -2.29. The van der Waals surface area contributed by atoms with Gasteiger partial charge in [0.2, 0.25) is 0 Å². The lowest BCUT2D eigenvalue weighted by Gasteiger charge is -2.28. The summed E-state index contributed by atoms with van der Waals surface area (Å²) in [5.41, 5.74) is 8.51. The van der Waals surface area contributed by atoms with Crippen LogP contribution < -0.4 is 5.73 Å². The minimum Gasteiger partial charge on any atom is -0.399 e. The highest BCUT2D eigenvalue weighted by Gasteiger charge is 2.39. The Balaban J connectivity index is 2.71. The first-order valence-electron chi connectivity index (χ1n) is 5.70. The second-order valence-corrected chi connectivity index (χ2v) is 4.39. The van der Waals surface area contributed by atoms with Crippen LogP contribution in [0, 0.1) is 5.82 Å². The maximum absolute atomic E-state index is 13.8. The van der Waals surface area contributed by atoms with Crippen LogP contribution in [-0.2, 0) is 5.41 Å². The molecule has 0 unspecified atom stereocenters. The second kappa shape index (κ2) is 3.58. The van der Waals surface area contributed by atoms with Crippen molar-refractivity contribution < 1.29 is 4.39 Å². The summed E-state index contributed by atoms with van der Waals surface area (Å²) in [5, 5.41) is 0. The van der Waals surface area contributed by atoms with Crippen molar-refractivity contribution in [2.24, 2.45) is 4.99 Å². The predicted molar refractivity (Wildman–Crippen MR) is 65.8 cm³/mol. The van der Waals surface area contributed by atoms with E-state index in [2.05, 4.69) is 18.8 Å². The Morgan fingerprint density at radius 1 is 1.31 bits per heavy atom. The Kier molecular flexibility index (Phi) is 2.49. The fourth-order valence-electron chi connectivity index (χ4n) is 2.71. The van der Waals surface area contributed by atoms with Crippen LogP contribution >= 0.6 is 0 Å². The van der Waals surface area contributed by atoms with Crippen molar-refractivity contribution in [2.75, 3.05) is 5.73 Å². The molecule has 0 spiro atoms. The molecule has 1 aliphatic heterocycles. The van der Waals surface area contributed by atoms with E-state index in [1.807, 2.05) is 13.0 Å². The van der Waals surface area contributed by atoms with E-state index in [0.29, 0.717) is 11.4 Å². The molecule has 16 heavy (non-hydrogen) atoms. The molecule has 3 heteroatoms. The smallest absolute Gasteiger partial charge is 0.151 e. The molecule has 1 aromatic carbocycles. The van der Waals surface area contributed by atoms with Gasteiger partial charge in [-0.05, 0) is 37.5 Å². The molecule has 0 aliphatic carbocycles. The highest BCUT2D eigenvalue weighted by Crippen LogP contribution is 2.46. The minimum atomic E-state index is -0.307. The van der Waals surface area contributed by atoms with Crippen molar-refractivity contribution in [1.29, 1.82) is 0 Å². The summed E-state index contributed by atoms with van der Waals surface area (Å²) in [6, 6.07) is 3.21. The Morgan fingerprint density at radius 3 is 2.50 bits per heavy atom. The Hall–Kier alpha value is -1.38. The van der Waals surface area contributed by atoms with Crippen LogP contribution in [-0.4, -0.2) is 5.71 Å². The van der Waals surface area contributed by atoms with Crippen LogP contribution in [0.15, 0.2) is 17.1 Å². The van der Waals surface area contributed by atoms with Gasteiger partial charge in [-0.3, -0.25) is 4.99 Å². The molecule has 0 fully saturated rings. The Labute approximate surface area is 95.4 Å². The fourth-order valence-corrected chi connectivity index (χ4v) is 2.71. The summed E-state index contributed by atoms with van der Waals surface area (Å²) >= 11 is 0. The van der Waals surface area contributed by atoms with Gasteiger partial charge in [0.25, 0.3) is 0 Å². The molecule has 86 valence electrons. The van der Waals surface area contributed by atoms with E-state index >= 15 is 0 Å². The van der Waals surface area contributed by atoms with Gasteiger partial charge in [0.15, 0.2) is 5.82 Å². The third kappa shape index (κ3) is 1.27. The van der Waals surface area contributed by atoms with Gasteiger partial charge in [-0.2, -0.15) is 0 Å². The zero-order chi connectivity index (χ0) is 11.9. The first-order chi connectivity index (χ1) is 7.55. The molecule has 2 N–H and O–H groups in total. The third-order valence-electron chi connectivity index (χ3n) is 3.78. The van der Waals surface area contributed by atoms with Gasteiger partial charge in [-0.1, -0.05) is 13.8 Å². The Morgan fingerprint density at radius 2 is 1.94 bits per heavy atom. The molecule has 0 saturated heterocycles. The van der Waals surface area contributed by atoms with E-state index in [1.54, 1.807) is 0 Å². The zero-order valence-corrected chi connectivity index (χ0v) is 9.97. The maximum Gasteiger partial charge on any atom is 0.151 e. The SMILES string of the molecule is CCC1(CC)C(C)=Nc2c(F)cc(N)cc21. The molecule has 0 atom stereocenters. The first kappa shape index (κ1) is 11.1. The van der Waals surface area contributed by atoms with E-state index < -0.39 is 0 Å². The molecule has 0 amide bonds. The topological polar surface area (TPSA) is 38.4 Å². The number of nitrogen functional groups attached to an aromatic ring is 1. The molecule has 2 nitrogen and oxygen atoms in total. The van der Waals surface area contributed by atoms with Gasteiger partial charge in [-0.25, -0.2) is 4.39 Å². The molecule has 0 radical (unpaired) electrons. The van der Waals surface area contributed by atoms with E-state index in [-0.39, 0.29) is 11.2 Å². The number of fused-ring (bicyclic) bond motifs is 1. The summed E-state index contributed by atoms with van der Waals surface area (Å²) in [4.78, 5) is 4.37. The lowest BCUT2D eigenvalue weighted by atomic mass is 9.73. The van der Waals surface area contributed by atoms with Crippen molar-refractivity contribution in [2.45, 2.75) is 39.0 Å². The number of aliphatic imine (C=N–C) groups is 1. The minimum absolute atomic E-state index is 0.119. The molecule has 0 aromatic heterocycles. The molecule has 0 bridgehead atoms. The van der Waals surface area contributed by atoms with Gasteiger partial charge in [0.1, 0.15) is 5.69 Å². The molecule has 0 saturated carbocycles. The molecule has 2 rings (SSSR count). The van der Waals surface area contributed by atoms with Gasteiger partial charge >= 0.3 is 0 Å². The summed E-state index contributed by atoms with van der Waals surface area (Å²) in [6.45, 7) is 6.19. The number of anilines is 1. The van der Waals surface area contributed by atoms with E-state index in [1.165, 1.54) is 6.07 Å². The fraction of sp³-hybridized carbons (Fsp3) is 0.462. The van der Waals surface area contributed by atoms with Gasteiger partial charge in [0, 0.05) is 16.8 Å². The van der Waals surface area contributed by atoms with Gasteiger partial charge in [-0.15, -0.1) is 0 Å².